The number of esters is 2. The molecule has 0 aliphatic rings. The van der Waals surface area contributed by atoms with Gasteiger partial charge in [-0.3, -0.25) is 23.4 Å². The summed E-state index contributed by atoms with van der Waals surface area (Å²) in [7, 11) is -4.71. The maximum atomic E-state index is 12.6. The molecule has 3 unspecified atom stereocenters. The topological polar surface area (TPSA) is 172 Å². The molecule has 4 N–H and O–H groups in total. The lowest BCUT2D eigenvalue weighted by atomic mass is 10.0. The Morgan fingerprint density at radius 1 is 0.561 bits per heavy atom. The highest BCUT2D eigenvalue weighted by Crippen LogP contribution is 2.43. The fourth-order valence-electron chi connectivity index (χ4n) is 5.88. The molecule has 0 aromatic rings. The van der Waals surface area contributed by atoms with Crippen LogP contribution in [0.5, 0.6) is 0 Å². The van der Waals surface area contributed by atoms with E-state index in [4.69, 9.17) is 24.8 Å². The molecule has 3 atom stereocenters. The Bertz CT molecular complexity index is 1150. The van der Waals surface area contributed by atoms with Crippen LogP contribution in [-0.2, 0) is 37.5 Å². The Balaban J connectivity index is 4.26. The SMILES string of the molecule is CC/C=C\C/C=C\C/C=C\C/C=C\CCCCCCCCCCCCC(=O)OC(COC(=O)CCCCCCCCCCCC)COP(=O)(O)OCC(N)C(=O)O. The van der Waals surface area contributed by atoms with E-state index in [1.807, 2.05) is 0 Å². The van der Waals surface area contributed by atoms with E-state index in [1.54, 1.807) is 0 Å². The van der Waals surface area contributed by atoms with E-state index in [2.05, 4.69) is 67.0 Å². The zero-order valence-electron chi connectivity index (χ0n) is 35.7. The molecule has 57 heavy (non-hydrogen) atoms. The van der Waals surface area contributed by atoms with E-state index in [0.717, 1.165) is 70.6 Å². The first kappa shape index (κ1) is 54.4. The molecule has 0 aliphatic heterocycles. The van der Waals surface area contributed by atoms with Crippen molar-refractivity contribution in [2.75, 3.05) is 19.8 Å². The summed E-state index contributed by atoms with van der Waals surface area (Å²) in [4.78, 5) is 45.9. The first-order valence-corrected chi connectivity index (χ1v) is 23.7. The molecule has 11 nitrogen and oxygen atoms in total. The molecule has 0 saturated carbocycles. The maximum absolute atomic E-state index is 12.6. The smallest absolute Gasteiger partial charge is 0.472 e. The number of aliphatic carboxylic acids is 1. The van der Waals surface area contributed by atoms with Crippen molar-refractivity contribution in [3.63, 3.8) is 0 Å². The molecular weight excluding hydrogens is 745 g/mol. The van der Waals surface area contributed by atoms with E-state index < -0.39 is 51.1 Å². The minimum Gasteiger partial charge on any atom is -0.480 e. The standard InChI is InChI=1S/C45H80NO10P/c1-3-5-7-9-11-13-15-16-17-18-19-20-21-22-23-24-25-26-27-29-31-33-35-37-44(48)56-41(39-54-57(51,52)55-40-42(46)45(49)50)38-53-43(47)36-34-32-30-28-14-12-10-8-6-4-2/h5,7,11,13,16-17,19-20,41-42H,3-4,6,8-10,12,14-15,18,21-40,46H2,1-2H3,(H,49,50)(H,51,52)/b7-5-,13-11-,17-16-,20-19-. The highest BCUT2D eigenvalue weighted by atomic mass is 31.2. The molecule has 0 aromatic carbocycles. The van der Waals surface area contributed by atoms with Crippen LogP contribution in [0.2, 0.25) is 0 Å². The van der Waals surface area contributed by atoms with E-state index in [9.17, 15) is 23.8 Å². The highest BCUT2D eigenvalue weighted by molar-refractivity contribution is 7.47. The molecule has 0 aromatic heterocycles. The molecule has 0 bridgehead atoms. The maximum Gasteiger partial charge on any atom is 0.472 e. The number of carboxylic acids is 1. The highest BCUT2D eigenvalue weighted by Gasteiger charge is 2.28. The molecule has 0 saturated heterocycles. The van der Waals surface area contributed by atoms with Crippen LogP contribution in [0.4, 0.5) is 0 Å². The van der Waals surface area contributed by atoms with Gasteiger partial charge in [0.25, 0.3) is 0 Å². The van der Waals surface area contributed by atoms with Crippen LogP contribution in [-0.4, -0.2) is 59.9 Å². The van der Waals surface area contributed by atoms with Crippen molar-refractivity contribution in [2.24, 2.45) is 5.73 Å². The van der Waals surface area contributed by atoms with Gasteiger partial charge < -0.3 is 25.2 Å². The van der Waals surface area contributed by atoms with Crippen LogP contribution >= 0.6 is 7.82 Å². The monoisotopic (exact) mass is 826 g/mol. The lowest BCUT2D eigenvalue weighted by Crippen LogP contribution is -2.34. The Kier molecular flexibility index (Phi) is 38.4. The normalized spacial score (nSPS) is 14.2. The number of allylic oxidation sites excluding steroid dienone is 8. The number of carbonyl (C=O) groups is 3. The zero-order chi connectivity index (χ0) is 42.1. The van der Waals surface area contributed by atoms with Crippen molar-refractivity contribution in [2.45, 2.75) is 199 Å². The Morgan fingerprint density at radius 3 is 1.47 bits per heavy atom. The van der Waals surface area contributed by atoms with Gasteiger partial charge in [-0.1, -0.05) is 172 Å². The second kappa shape index (κ2) is 40.2. The molecule has 0 amide bonds. The predicted molar refractivity (Wildman–Crippen MR) is 231 cm³/mol. The summed E-state index contributed by atoms with van der Waals surface area (Å²) in [5.41, 5.74) is 5.33. The van der Waals surface area contributed by atoms with Crippen LogP contribution in [0.1, 0.15) is 187 Å². The number of hydrogen-bond acceptors (Lipinski definition) is 9. The number of phosphoric ester groups is 1. The number of carboxylic acid groups (broad SMARTS) is 1. The number of hydrogen-bond donors (Lipinski definition) is 3. The molecule has 0 fully saturated rings. The number of carbonyl (C=O) groups excluding carboxylic acids is 2. The average molecular weight is 826 g/mol. The van der Waals surface area contributed by atoms with Gasteiger partial charge in [0.15, 0.2) is 6.10 Å². The summed E-state index contributed by atoms with van der Waals surface area (Å²) in [5.74, 6) is -2.38. The number of rotatable bonds is 41. The molecule has 330 valence electrons. The van der Waals surface area contributed by atoms with Crippen LogP contribution in [0.3, 0.4) is 0 Å². The number of phosphoric acid groups is 1. The van der Waals surface area contributed by atoms with Gasteiger partial charge in [-0.15, -0.1) is 0 Å². The third-order valence-corrected chi connectivity index (χ3v) is 10.3. The fourth-order valence-corrected chi connectivity index (χ4v) is 6.66. The minimum absolute atomic E-state index is 0.156. The Labute approximate surface area is 345 Å². The molecule has 0 spiro atoms. The van der Waals surface area contributed by atoms with Gasteiger partial charge in [0.1, 0.15) is 12.6 Å². The third kappa shape index (κ3) is 40.0. The van der Waals surface area contributed by atoms with Crippen molar-refractivity contribution in [3.8, 4) is 0 Å². The summed E-state index contributed by atoms with van der Waals surface area (Å²) >= 11 is 0. The van der Waals surface area contributed by atoms with E-state index >= 15 is 0 Å². The summed E-state index contributed by atoms with van der Waals surface area (Å²) < 4.78 is 32.7. The van der Waals surface area contributed by atoms with Gasteiger partial charge in [0, 0.05) is 12.8 Å². The van der Waals surface area contributed by atoms with Gasteiger partial charge in [-0.05, 0) is 51.4 Å². The van der Waals surface area contributed by atoms with Crippen LogP contribution < -0.4 is 5.73 Å². The van der Waals surface area contributed by atoms with Crippen LogP contribution in [0, 0.1) is 0 Å². The van der Waals surface area contributed by atoms with Crippen molar-refractivity contribution in [1.29, 1.82) is 0 Å². The van der Waals surface area contributed by atoms with E-state index in [1.165, 1.54) is 77.0 Å². The van der Waals surface area contributed by atoms with E-state index in [0.29, 0.717) is 12.8 Å². The van der Waals surface area contributed by atoms with Crippen molar-refractivity contribution in [1.82, 2.24) is 0 Å². The molecule has 0 heterocycles. The first-order valence-electron chi connectivity index (χ1n) is 22.2. The van der Waals surface area contributed by atoms with Crippen molar-refractivity contribution >= 4 is 25.7 Å². The van der Waals surface area contributed by atoms with Gasteiger partial charge in [0.05, 0.1) is 13.2 Å². The second-order valence-corrected chi connectivity index (χ2v) is 16.3. The first-order chi connectivity index (χ1) is 27.6. The number of nitrogens with two attached hydrogens (primary N) is 1. The lowest BCUT2D eigenvalue weighted by Gasteiger charge is -2.20. The van der Waals surface area contributed by atoms with Gasteiger partial charge in [-0.25, -0.2) is 4.57 Å². The molecule has 12 heteroatoms. The number of ether oxygens (including phenoxy) is 2. The fraction of sp³-hybridized carbons (Fsp3) is 0.756. The molecular formula is C45H80NO10P. The average Bonchev–Trinajstić information content (AvgIpc) is 3.19. The second-order valence-electron chi connectivity index (χ2n) is 14.8. The summed E-state index contributed by atoms with van der Waals surface area (Å²) in [6.45, 7) is 2.67. The summed E-state index contributed by atoms with van der Waals surface area (Å²) in [6, 6.07) is -1.52. The Hall–Kier alpha value is -2.56. The minimum atomic E-state index is -4.71. The largest absolute Gasteiger partial charge is 0.480 e. The van der Waals surface area contributed by atoms with Crippen LogP contribution in [0.25, 0.3) is 0 Å². The summed E-state index contributed by atoms with van der Waals surface area (Å²) in [5, 5.41) is 8.88. The molecule has 0 aliphatic carbocycles. The van der Waals surface area contributed by atoms with Gasteiger partial charge in [0.2, 0.25) is 0 Å². The van der Waals surface area contributed by atoms with Gasteiger partial charge >= 0.3 is 25.7 Å². The third-order valence-electron chi connectivity index (χ3n) is 9.34. The predicted octanol–water partition coefficient (Wildman–Crippen LogP) is 11.8. The Morgan fingerprint density at radius 2 is 0.982 bits per heavy atom. The van der Waals surface area contributed by atoms with Crippen molar-refractivity contribution in [3.05, 3.63) is 48.6 Å². The van der Waals surface area contributed by atoms with Crippen LogP contribution in [0.15, 0.2) is 48.6 Å². The summed E-state index contributed by atoms with van der Waals surface area (Å²) in [6.07, 6.45) is 44.7. The molecule has 0 radical (unpaired) electrons. The molecule has 0 rings (SSSR count). The quantitative estimate of drug-likeness (QED) is 0.0232. The number of unbranched alkanes of at least 4 members (excludes halogenated alkanes) is 19. The zero-order valence-corrected chi connectivity index (χ0v) is 36.6. The lowest BCUT2D eigenvalue weighted by molar-refractivity contribution is -0.161. The van der Waals surface area contributed by atoms with E-state index in [-0.39, 0.29) is 19.4 Å². The van der Waals surface area contributed by atoms with Gasteiger partial charge in [-0.2, -0.15) is 0 Å². The van der Waals surface area contributed by atoms with Crippen molar-refractivity contribution < 1.29 is 47.5 Å².